The molecule has 0 saturated carbocycles. The number of fused-ring (bicyclic) bond motifs is 3. The molecule has 2 aromatic rings. The number of nitrogens with one attached hydrogen (secondary N) is 1. The summed E-state index contributed by atoms with van der Waals surface area (Å²) in [5.41, 5.74) is 3.13. The fourth-order valence-electron chi connectivity index (χ4n) is 5.39. The third kappa shape index (κ3) is 4.71. The molecule has 34 heavy (non-hydrogen) atoms. The van der Waals surface area contributed by atoms with Gasteiger partial charge in [0.1, 0.15) is 0 Å². The minimum atomic E-state index is -0.364. The quantitative estimate of drug-likeness (QED) is 0.515. The lowest BCUT2D eigenvalue weighted by Gasteiger charge is -2.49. The molecule has 2 aromatic carbocycles. The van der Waals surface area contributed by atoms with E-state index >= 15 is 0 Å². The minimum Gasteiger partial charge on any atom is -0.379 e. The lowest BCUT2D eigenvalue weighted by Crippen LogP contribution is -2.61. The van der Waals surface area contributed by atoms with Crippen molar-refractivity contribution < 1.29 is 14.5 Å². The molecule has 2 fully saturated rings. The van der Waals surface area contributed by atoms with E-state index in [0.717, 1.165) is 69.4 Å². The first kappa shape index (κ1) is 22.6. The summed E-state index contributed by atoms with van der Waals surface area (Å²) in [6.45, 7) is 6.97. The molecule has 0 aliphatic carbocycles. The van der Waals surface area contributed by atoms with Crippen LogP contribution in [0.3, 0.4) is 0 Å². The van der Waals surface area contributed by atoms with Gasteiger partial charge >= 0.3 is 0 Å². The Bertz CT molecular complexity index is 1030. The predicted molar refractivity (Wildman–Crippen MR) is 130 cm³/mol. The highest BCUT2D eigenvalue weighted by Crippen LogP contribution is 2.38. The number of nitro benzene ring substituents is 1. The molecule has 3 aliphatic heterocycles. The van der Waals surface area contributed by atoms with Crippen LogP contribution in [0.15, 0.2) is 48.5 Å². The first-order valence-electron chi connectivity index (χ1n) is 12.0. The van der Waals surface area contributed by atoms with Gasteiger partial charge in [-0.2, -0.15) is 0 Å². The molecule has 2 atom stereocenters. The normalized spacial score (nSPS) is 22.6. The fraction of sp³-hybridized carbons (Fsp3) is 0.480. The SMILES string of the molecule is O=C(NCCN1CCOCC1)C1Cc2cc([N+](=O)[O-])ccc2N2CCN(c3ccccc3)CC12. The Balaban J connectivity index is 1.35. The van der Waals surface area contributed by atoms with Gasteiger partial charge in [0.15, 0.2) is 0 Å². The molecule has 180 valence electrons. The second-order valence-electron chi connectivity index (χ2n) is 9.17. The molecular weight excluding hydrogens is 434 g/mol. The number of morpholine rings is 1. The van der Waals surface area contributed by atoms with Crippen LogP contribution in [-0.2, 0) is 16.0 Å². The predicted octanol–water partition coefficient (Wildman–Crippen LogP) is 1.91. The largest absolute Gasteiger partial charge is 0.379 e. The van der Waals surface area contributed by atoms with Crippen LogP contribution in [0.5, 0.6) is 0 Å². The van der Waals surface area contributed by atoms with Gasteiger partial charge in [-0.25, -0.2) is 0 Å². The maximum atomic E-state index is 13.4. The maximum Gasteiger partial charge on any atom is 0.269 e. The van der Waals surface area contributed by atoms with Gasteiger partial charge in [-0.3, -0.25) is 19.8 Å². The summed E-state index contributed by atoms with van der Waals surface area (Å²) in [4.78, 5) is 31.4. The summed E-state index contributed by atoms with van der Waals surface area (Å²) < 4.78 is 5.40. The monoisotopic (exact) mass is 465 g/mol. The first-order valence-corrected chi connectivity index (χ1v) is 12.0. The highest BCUT2D eigenvalue weighted by molar-refractivity contribution is 5.82. The molecule has 3 aliphatic rings. The van der Waals surface area contributed by atoms with Crippen molar-refractivity contribution in [3.8, 4) is 0 Å². The number of anilines is 2. The van der Waals surface area contributed by atoms with Crippen molar-refractivity contribution in [3.63, 3.8) is 0 Å². The Labute approximate surface area is 199 Å². The number of carbonyl (C=O) groups is 1. The van der Waals surface area contributed by atoms with Crippen molar-refractivity contribution in [2.45, 2.75) is 12.5 Å². The van der Waals surface area contributed by atoms with Crippen LogP contribution >= 0.6 is 0 Å². The third-order valence-corrected chi connectivity index (χ3v) is 7.20. The third-order valence-electron chi connectivity index (χ3n) is 7.20. The number of nitrogens with zero attached hydrogens (tertiary/aromatic N) is 4. The number of hydrogen-bond acceptors (Lipinski definition) is 7. The van der Waals surface area contributed by atoms with E-state index in [1.54, 1.807) is 12.1 Å². The van der Waals surface area contributed by atoms with Crippen LogP contribution < -0.4 is 15.1 Å². The molecule has 2 saturated heterocycles. The van der Waals surface area contributed by atoms with Crippen molar-refractivity contribution >= 4 is 23.0 Å². The molecule has 0 spiro atoms. The van der Waals surface area contributed by atoms with Crippen LogP contribution in [-0.4, -0.2) is 80.8 Å². The second kappa shape index (κ2) is 9.99. The second-order valence-corrected chi connectivity index (χ2v) is 9.17. The molecule has 5 rings (SSSR count). The van der Waals surface area contributed by atoms with Gasteiger partial charge in [-0.15, -0.1) is 0 Å². The van der Waals surface area contributed by atoms with E-state index in [2.05, 4.69) is 32.1 Å². The minimum absolute atomic E-state index is 0.00583. The number of rotatable bonds is 6. The van der Waals surface area contributed by atoms with Crippen molar-refractivity contribution in [1.29, 1.82) is 0 Å². The van der Waals surface area contributed by atoms with Gasteiger partial charge < -0.3 is 19.9 Å². The van der Waals surface area contributed by atoms with Crippen LogP contribution in [0.2, 0.25) is 0 Å². The number of nitro groups is 1. The fourth-order valence-corrected chi connectivity index (χ4v) is 5.39. The average molecular weight is 466 g/mol. The van der Waals surface area contributed by atoms with E-state index < -0.39 is 0 Å². The number of piperazine rings is 1. The van der Waals surface area contributed by atoms with Gasteiger partial charge in [-0.1, -0.05) is 18.2 Å². The summed E-state index contributed by atoms with van der Waals surface area (Å²) in [7, 11) is 0. The number of benzene rings is 2. The van der Waals surface area contributed by atoms with E-state index in [9.17, 15) is 14.9 Å². The summed E-state index contributed by atoms with van der Waals surface area (Å²) in [5.74, 6) is -0.249. The first-order chi connectivity index (χ1) is 16.6. The molecule has 1 N–H and O–H groups in total. The number of amides is 1. The van der Waals surface area contributed by atoms with Gasteiger partial charge in [0, 0.05) is 69.3 Å². The molecule has 3 heterocycles. The number of non-ortho nitro benzene ring substituents is 1. The van der Waals surface area contributed by atoms with Crippen LogP contribution in [0.4, 0.5) is 17.1 Å². The highest BCUT2D eigenvalue weighted by atomic mass is 16.6. The van der Waals surface area contributed by atoms with E-state index in [-0.39, 0.29) is 28.5 Å². The van der Waals surface area contributed by atoms with E-state index in [0.29, 0.717) is 13.0 Å². The Kier molecular flexibility index (Phi) is 6.64. The van der Waals surface area contributed by atoms with Crippen LogP contribution in [0.1, 0.15) is 5.56 Å². The Morgan fingerprint density at radius 1 is 1.09 bits per heavy atom. The summed E-state index contributed by atoms with van der Waals surface area (Å²) in [6, 6.07) is 15.4. The number of ether oxygens (including phenoxy) is 1. The standard InChI is InChI=1S/C25H31N5O4/c31-25(26-8-9-27-12-14-34-15-13-27)22-17-19-16-21(30(32)33)6-7-23(19)29-11-10-28(18-24(22)29)20-4-2-1-3-5-20/h1-7,16,22,24H,8-15,17-18H2,(H,26,31). The summed E-state index contributed by atoms with van der Waals surface area (Å²) >= 11 is 0. The summed E-state index contributed by atoms with van der Waals surface area (Å²) in [5, 5.41) is 14.5. The lowest BCUT2D eigenvalue weighted by atomic mass is 9.83. The van der Waals surface area contributed by atoms with E-state index in [1.807, 2.05) is 24.3 Å². The van der Waals surface area contributed by atoms with Crippen LogP contribution in [0, 0.1) is 16.0 Å². The number of para-hydroxylation sites is 1. The number of hydrogen-bond donors (Lipinski definition) is 1. The molecule has 0 aromatic heterocycles. The molecule has 2 unspecified atom stereocenters. The van der Waals surface area contributed by atoms with Gasteiger partial charge in [0.2, 0.25) is 5.91 Å². The van der Waals surface area contributed by atoms with Crippen molar-refractivity contribution in [2.24, 2.45) is 5.92 Å². The molecule has 1 amide bonds. The van der Waals surface area contributed by atoms with Gasteiger partial charge in [0.25, 0.3) is 5.69 Å². The molecular formula is C25H31N5O4. The lowest BCUT2D eigenvalue weighted by molar-refractivity contribution is -0.384. The van der Waals surface area contributed by atoms with Crippen molar-refractivity contribution in [1.82, 2.24) is 10.2 Å². The Morgan fingerprint density at radius 2 is 1.88 bits per heavy atom. The van der Waals surface area contributed by atoms with Gasteiger partial charge in [0.05, 0.1) is 30.1 Å². The Morgan fingerprint density at radius 3 is 2.65 bits per heavy atom. The maximum absolute atomic E-state index is 13.4. The highest BCUT2D eigenvalue weighted by Gasteiger charge is 2.42. The molecule has 9 nitrogen and oxygen atoms in total. The van der Waals surface area contributed by atoms with Crippen molar-refractivity contribution in [3.05, 3.63) is 64.2 Å². The molecule has 9 heteroatoms. The zero-order valence-electron chi connectivity index (χ0n) is 19.3. The summed E-state index contributed by atoms with van der Waals surface area (Å²) in [6.07, 6.45) is 0.504. The zero-order valence-corrected chi connectivity index (χ0v) is 19.3. The zero-order chi connectivity index (χ0) is 23.5. The van der Waals surface area contributed by atoms with Crippen LogP contribution in [0.25, 0.3) is 0 Å². The molecule has 0 bridgehead atoms. The van der Waals surface area contributed by atoms with E-state index in [4.69, 9.17) is 4.74 Å². The smallest absolute Gasteiger partial charge is 0.269 e. The average Bonchev–Trinajstić information content (AvgIpc) is 2.88. The van der Waals surface area contributed by atoms with Gasteiger partial charge in [-0.05, 0) is 30.2 Å². The van der Waals surface area contributed by atoms with Crippen molar-refractivity contribution in [2.75, 3.05) is 68.8 Å². The van der Waals surface area contributed by atoms with E-state index in [1.165, 1.54) is 0 Å². The topological polar surface area (TPSA) is 91.2 Å². The molecule has 0 radical (unpaired) electrons. The number of carbonyl (C=O) groups excluding carboxylic acids is 1. The Hall–Kier alpha value is -3.17.